The van der Waals surface area contributed by atoms with Gasteiger partial charge < -0.3 is 15.0 Å². The third-order valence-corrected chi connectivity index (χ3v) is 4.12. The van der Waals surface area contributed by atoms with Crippen molar-refractivity contribution in [2.24, 2.45) is 0 Å². The first kappa shape index (κ1) is 20.0. The van der Waals surface area contributed by atoms with Gasteiger partial charge in [0.25, 0.3) is 0 Å². The average molecular weight is 325 g/mol. The average Bonchev–Trinajstić information content (AvgIpc) is 2.48. The van der Waals surface area contributed by atoms with E-state index < -0.39 is 5.60 Å². The van der Waals surface area contributed by atoms with Gasteiger partial charge in [-0.25, -0.2) is 4.79 Å². The van der Waals surface area contributed by atoms with Crippen LogP contribution in [0.15, 0.2) is 11.6 Å². The first-order valence-electron chi connectivity index (χ1n) is 9.21. The van der Waals surface area contributed by atoms with Gasteiger partial charge in [0.05, 0.1) is 0 Å². The molecule has 1 unspecified atom stereocenters. The number of carbonyl (C=O) groups excluding carboxylic acids is 1. The van der Waals surface area contributed by atoms with E-state index in [0.29, 0.717) is 12.6 Å². The summed E-state index contributed by atoms with van der Waals surface area (Å²) in [4.78, 5) is 13.8. The molecule has 0 spiro atoms. The van der Waals surface area contributed by atoms with E-state index in [9.17, 15) is 4.79 Å². The van der Waals surface area contributed by atoms with Crippen LogP contribution in [-0.4, -0.2) is 42.3 Å². The van der Waals surface area contributed by atoms with Crippen molar-refractivity contribution >= 4 is 6.09 Å². The van der Waals surface area contributed by atoms with Crippen LogP contribution in [0.25, 0.3) is 0 Å². The van der Waals surface area contributed by atoms with Crippen molar-refractivity contribution < 1.29 is 9.53 Å². The van der Waals surface area contributed by atoms with Crippen molar-refractivity contribution in [1.29, 1.82) is 0 Å². The van der Waals surface area contributed by atoms with Crippen LogP contribution < -0.4 is 5.32 Å². The van der Waals surface area contributed by atoms with Gasteiger partial charge in [0.2, 0.25) is 0 Å². The normalized spacial score (nSPS) is 16.9. The van der Waals surface area contributed by atoms with Crippen molar-refractivity contribution in [3.63, 3.8) is 0 Å². The van der Waals surface area contributed by atoms with Gasteiger partial charge in [0.1, 0.15) is 5.60 Å². The van der Waals surface area contributed by atoms with Crippen LogP contribution in [0.5, 0.6) is 0 Å². The second-order valence-corrected chi connectivity index (χ2v) is 7.67. The van der Waals surface area contributed by atoms with E-state index >= 15 is 0 Å². The summed E-state index contributed by atoms with van der Waals surface area (Å²) < 4.78 is 5.42. The van der Waals surface area contributed by atoms with Crippen LogP contribution in [0.1, 0.15) is 73.1 Å². The van der Waals surface area contributed by atoms with E-state index in [2.05, 4.69) is 25.2 Å². The minimum Gasteiger partial charge on any atom is -0.444 e. The highest BCUT2D eigenvalue weighted by molar-refractivity contribution is 5.68. The molecule has 1 N–H and O–H groups in total. The fraction of sp³-hybridized carbons (Fsp3) is 0.842. The monoisotopic (exact) mass is 324 g/mol. The summed E-state index contributed by atoms with van der Waals surface area (Å²) in [5.74, 6) is 0. The van der Waals surface area contributed by atoms with Crippen molar-refractivity contribution in [3.05, 3.63) is 11.6 Å². The molecule has 1 aliphatic heterocycles. The zero-order valence-electron chi connectivity index (χ0n) is 15.8. The lowest BCUT2D eigenvalue weighted by Gasteiger charge is -2.30. The van der Waals surface area contributed by atoms with Gasteiger partial charge in [-0.15, -0.1) is 0 Å². The van der Waals surface area contributed by atoms with Gasteiger partial charge in [0, 0.05) is 25.7 Å². The second-order valence-electron chi connectivity index (χ2n) is 7.67. The van der Waals surface area contributed by atoms with Gasteiger partial charge in [-0.05, 0) is 40.5 Å². The Morgan fingerprint density at radius 3 is 2.65 bits per heavy atom. The molecular weight excluding hydrogens is 288 g/mol. The molecule has 1 rings (SSSR count). The smallest absolute Gasteiger partial charge is 0.410 e. The van der Waals surface area contributed by atoms with Crippen LogP contribution in [0.2, 0.25) is 0 Å². The maximum atomic E-state index is 12.0. The predicted octanol–water partition coefficient (Wildman–Crippen LogP) is 4.50. The number of nitrogens with zero attached hydrogens (tertiary/aromatic N) is 1. The number of carbonyl (C=O) groups is 1. The highest BCUT2D eigenvalue weighted by atomic mass is 16.6. The molecule has 134 valence electrons. The summed E-state index contributed by atoms with van der Waals surface area (Å²) in [6.07, 6.45) is 9.45. The maximum Gasteiger partial charge on any atom is 0.410 e. The predicted molar refractivity (Wildman–Crippen MR) is 96.7 cm³/mol. The molecule has 1 amide bonds. The highest BCUT2D eigenvalue weighted by Crippen LogP contribution is 2.15. The first-order chi connectivity index (χ1) is 10.8. The van der Waals surface area contributed by atoms with E-state index in [0.717, 1.165) is 19.5 Å². The highest BCUT2D eigenvalue weighted by Gasteiger charge is 2.23. The Labute approximate surface area is 142 Å². The van der Waals surface area contributed by atoms with Gasteiger partial charge in [-0.3, -0.25) is 0 Å². The summed E-state index contributed by atoms with van der Waals surface area (Å²) >= 11 is 0. The number of hydrogen-bond donors (Lipinski definition) is 1. The lowest BCUT2D eigenvalue weighted by atomic mass is 10.1. The molecule has 0 radical (unpaired) electrons. The fourth-order valence-corrected chi connectivity index (χ4v) is 2.65. The Bertz CT molecular complexity index is 385. The van der Waals surface area contributed by atoms with Crippen molar-refractivity contribution in [2.75, 3.05) is 19.6 Å². The minimum absolute atomic E-state index is 0.204. The molecule has 1 heterocycles. The molecular formula is C19H36N2O2. The molecule has 1 aliphatic rings. The number of amides is 1. The van der Waals surface area contributed by atoms with E-state index in [1.165, 1.54) is 37.7 Å². The van der Waals surface area contributed by atoms with Crippen LogP contribution in [-0.2, 0) is 4.74 Å². The Balaban J connectivity index is 2.24. The zero-order chi connectivity index (χ0) is 17.3. The first-order valence-corrected chi connectivity index (χ1v) is 9.21. The van der Waals surface area contributed by atoms with E-state index in [1.807, 2.05) is 20.8 Å². The van der Waals surface area contributed by atoms with Crippen LogP contribution in [0.3, 0.4) is 0 Å². The van der Waals surface area contributed by atoms with E-state index in [4.69, 9.17) is 4.74 Å². The fourth-order valence-electron chi connectivity index (χ4n) is 2.65. The van der Waals surface area contributed by atoms with Crippen molar-refractivity contribution in [2.45, 2.75) is 84.8 Å². The summed E-state index contributed by atoms with van der Waals surface area (Å²) in [5.41, 5.74) is 0.987. The molecule has 0 fully saturated rings. The van der Waals surface area contributed by atoms with Crippen molar-refractivity contribution in [3.8, 4) is 0 Å². The second kappa shape index (κ2) is 9.96. The lowest BCUT2D eigenvalue weighted by molar-refractivity contribution is 0.0265. The van der Waals surface area contributed by atoms with Gasteiger partial charge in [0.15, 0.2) is 0 Å². The number of unbranched alkanes of at least 4 members (excludes halogenated alkanes) is 3. The molecule has 0 saturated carbocycles. The summed E-state index contributed by atoms with van der Waals surface area (Å²) in [7, 11) is 0. The molecule has 4 nitrogen and oxygen atoms in total. The Morgan fingerprint density at radius 2 is 2.09 bits per heavy atom. The minimum atomic E-state index is -0.421. The molecule has 1 atom stereocenters. The third-order valence-electron chi connectivity index (χ3n) is 4.12. The number of rotatable bonds is 8. The van der Waals surface area contributed by atoms with Gasteiger partial charge in [-0.2, -0.15) is 0 Å². The van der Waals surface area contributed by atoms with Crippen molar-refractivity contribution in [1.82, 2.24) is 10.2 Å². The summed E-state index contributed by atoms with van der Waals surface area (Å²) in [5, 5.41) is 3.61. The topological polar surface area (TPSA) is 41.6 Å². The Hall–Kier alpha value is -1.03. The van der Waals surface area contributed by atoms with Gasteiger partial charge in [-0.1, -0.05) is 44.3 Å². The van der Waals surface area contributed by atoms with E-state index in [-0.39, 0.29) is 6.09 Å². The summed E-state index contributed by atoms with van der Waals surface area (Å²) in [6, 6.07) is 0.566. The quantitative estimate of drug-likeness (QED) is 0.528. The maximum absolute atomic E-state index is 12.0. The molecule has 0 aromatic rings. The van der Waals surface area contributed by atoms with Crippen LogP contribution in [0.4, 0.5) is 4.79 Å². The lowest BCUT2D eigenvalue weighted by Crippen LogP contribution is -2.40. The number of nitrogens with one attached hydrogen (secondary N) is 1. The molecule has 0 aromatic carbocycles. The Kier molecular flexibility index (Phi) is 8.67. The largest absolute Gasteiger partial charge is 0.444 e. The molecule has 0 bridgehead atoms. The standard InChI is InChI=1S/C19H36N2O2/c1-6-7-8-9-10-16(2)20-15-17-11-13-21(14-12-17)18(22)23-19(3,4)5/h11,16,20H,6-10,12-15H2,1-5H3. The number of hydrogen-bond acceptors (Lipinski definition) is 3. The Morgan fingerprint density at radius 1 is 1.35 bits per heavy atom. The third kappa shape index (κ3) is 8.99. The zero-order valence-corrected chi connectivity index (χ0v) is 15.8. The molecule has 4 heteroatoms. The number of ether oxygens (including phenoxy) is 1. The molecule has 0 aliphatic carbocycles. The van der Waals surface area contributed by atoms with Gasteiger partial charge >= 0.3 is 6.09 Å². The molecule has 23 heavy (non-hydrogen) atoms. The SMILES string of the molecule is CCCCCCC(C)NCC1=CCN(C(=O)OC(C)(C)C)CC1. The summed E-state index contributed by atoms with van der Waals surface area (Å²) in [6.45, 7) is 12.6. The molecule has 0 aromatic heterocycles. The van der Waals surface area contributed by atoms with Crippen LogP contribution in [0, 0.1) is 0 Å². The molecule has 0 saturated heterocycles. The van der Waals surface area contributed by atoms with Crippen LogP contribution >= 0.6 is 0 Å². The van der Waals surface area contributed by atoms with E-state index in [1.54, 1.807) is 4.90 Å².